The first kappa shape index (κ1) is 14.9. The van der Waals surface area contributed by atoms with Crippen LogP contribution in [-0.4, -0.2) is 21.0 Å². The summed E-state index contributed by atoms with van der Waals surface area (Å²) in [5.74, 6) is 0.660. The highest BCUT2D eigenvalue weighted by Crippen LogP contribution is 2.29. The van der Waals surface area contributed by atoms with Crippen LogP contribution in [0.15, 0.2) is 23.1 Å². The van der Waals surface area contributed by atoms with Crippen LogP contribution in [0.5, 0.6) is 0 Å². The summed E-state index contributed by atoms with van der Waals surface area (Å²) >= 11 is 0. The number of anilines is 1. The van der Waals surface area contributed by atoms with Gasteiger partial charge in [-0.3, -0.25) is 0 Å². The van der Waals surface area contributed by atoms with Crippen molar-refractivity contribution in [3.63, 3.8) is 0 Å². The second kappa shape index (κ2) is 5.97. The summed E-state index contributed by atoms with van der Waals surface area (Å²) in [7, 11) is -3.40. The van der Waals surface area contributed by atoms with Gasteiger partial charge in [-0.25, -0.2) is 13.1 Å². The molecule has 1 fully saturated rings. The van der Waals surface area contributed by atoms with E-state index in [0.717, 1.165) is 44.3 Å². The molecular formula is C16H24N2O2S. The highest BCUT2D eigenvalue weighted by atomic mass is 32.2. The summed E-state index contributed by atoms with van der Waals surface area (Å²) in [4.78, 5) is 0.384. The quantitative estimate of drug-likeness (QED) is 0.899. The van der Waals surface area contributed by atoms with Crippen LogP contribution in [-0.2, 0) is 16.4 Å². The lowest BCUT2D eigenvalue weighted by Gasteiger charge is -2.28. The number of sulfonamides is 1. The standard InChI is InChI=1S/C16H24N2O2S/c1-2-12-4-3-5-14(10-12)18-21(19,20)15-7-6-13-8-9-17-16(13)11-15/h6-7,11-12,14,17-18H,2-5,8-10H2,1H3. The Labute approximate surface area is 127 Å². The van der Waals surface area contributed by atoms with Gasteiger partial charge in [-0.15, -0.1) is 0 Å². The summed E-state index contributed by atoms with van der Waals surface area (Å²) in [6, 6.07) is 5.52. The molecule has 0 aromatic heterocycles. The fraction of sp³-hybridized carbons (Fsp3) is 0.625. The number of rotatable bonds is 4. The van der Waals surface area contributed by atoms with Crippen LogP contribution in [0.25, 0.3) is 0 Å². The topological polar surface area (TPSA) is 58.2 Å². The van der Waals surface area contributed by atoms with Gasteiger partial charge in [-0.1, -0.05) is 32.3 Å². The Morgan fingerprint density at radius 2 is 2.19 bits per heavy atom. The van der Waals surface area contributed by atoms with Gasteiger partial charge in [-0.2, -0.15) is 0 Å². The van der Waals surface area contributed by atoms with Crippen molar-refractivity contribution in [3.05, 3.63) is 23.8 Å². The van der Waals surface area contributed by atoms with E-state index in [1.54, 1.807) is 12.1 Å². The molecule has 1 aromatic carbocycles. The maximum Gasteiger partial charge on any atom is 0.240 e. The lowest BCUT2D eigenvalue weighted by atomic mass is 9.85. The third-order valence-corrected chi connectivity index (χ3v) is 6.30. The first-order chi connectivity index (χ1) is 10.1. The van der Waals surface area contributed by atoms with E-state index >= 15 is 0 Å². The Kier molecular flexibility index (Phi) is 4.22. The lowest BCUT2D eigenvalue weighted by Crippen LogP contribution is -2.38. The molecule has 2 atom stereocenters. The third-order valence-electron chi connectivity index (χ3n) is 4.78. The van der Waals surface area contributed by atoms with Gasteiger partial charge in [0.2, 0.25) is 10.0 Å². The summed E-state index contributed by atoms with van der Waals surface area (Å²) in [6.07, 6.45) is 6.40. The fourth-order valence-corrected chi connectivity index (χ4v) is 4.80. The monoisotopic (exact) mass is 308 g/mol. The Bertz CT molecular complexity index is 613. The largest absolute Gasteiger partial charge is 0.384 e. The molecule has 0 amide bonds. The van der Waals surface area contributed by atoms with Crippen molar-refractivity contribution in [2.24, 2.45) is 5.92 Å². The number of hydrogen-bond donors (Lipinski definition) is 2. The van der Waals surface area contributed by atoms with Crippen LogP contribution in [0.2, 0.25) is 0 Å². The number of nitrogens with one attached hydrogen (secondary N) is 2. The van der Waals surface area contributed by atoms with E-state index in [-0.39, 0.29) is 6.04 Å². The fourth-order valence-electron chi connectivity index (χ4n) is 3.49. The summed E-state index contributed by atoms with van der Waals surface area (Å²) < 4.78 is 28.0. The van der Waals surface area contributed by atoms with Crippen LogP contribution in [0.3, 0.4) is 0 Å². The second-order valence-electron chi connectivity index (χ2n) is 6.25. The van der Waals surface area contributed by atoms with Crippen LogP contribution in [0, 0.1) is 5.92 Å². The molecule has 0 saturated heterocycles. The first-order valence-corrected chi connectivity index (χ1v) is 9.46. The predicted octanol–water partition coefficient (Wildman–Crippen LogP) is 2.90. The van der Waals surface area contributed by atoms with E-state index < -0.39 is 10.0 Å². The maximum absolute atomic E-state index is 12.6. The molecule has 1 heterocycles. The van der Waals surface area contributed by atoms with Gasteiger partial charge < -0.3 is 5.32 Å². The molecule has 1 aliphatic carbocycles. The molecule has 1 saturated carbocycles. The highest BCUT2D eigenvalue weighted by Gasteiger charge is 2.26. The predicted molar refractivity (Wildman–Crippen MR) is 85.0 cm³/mol. The third kappa shape index (κ3) is 3.24. The van der Waals surface area contributed by atoms with Gasteiger partial charge in [0.1, 0.15) is 0 Å². The number of benzene rings is 1. The normalized spacial score (nSPS) is 25.4. The molecule has 1 aromatic rings. The van der Waals surface area contributed by atoms with E-state index in [2.05, 4.69) is 17.0 Å². The molecule has 2 N–H and O–H groups in total. The molecule has 1 aliphatic heterocycles. The van der Waals surface area contributed by atoms with Gasteiger partial charge in [0.05, 0.1) is 4.90 Å². The Hall–Kier alpha value is -1.07. The average Bonchev–Trinajstić information content (AvgIpc) is 2.94. The highest BCUT2D eigenvalue weighted by molar-refractivity contribution is 7.89. The van der Waals surface area contributed by atoms with Crippen LogP contribution >= 0.6 is 0 Å². The molecule has 0 radical (unpaired) electrons. The van der Waals surface area contributed by atoms with Crippen LogP contribution in [0.1, 0.15) is 44.6 Å². The van der Waals surface area contributed by atoms with Crippen molar-refractivity contribution in [1.29, 1.82) is 0 Å². The minimum absolute atomic E-state index is 0.0925. The van der Waals surface area contributed by atoms with E-state index in [1.165, 1.54) is 12.0 Å². The minimum atomic E-state index is -3.40. The van der Waals surface area contributed by atoms with Gasteiger partial charge in [-0.05, 0) is 42.9 Å². The Morgan fingerprint density at radius 3 is 3.00 bits per heavy atom. The lowest BCUT2D eigenvalue weighted by molar-refractivity contribution is 0.301. The SMILES string of the molecule is CCC1CCCC(NS(=O)(=O)c2ccc3c(c2)NCC3)C1. The van der Waals surface area contributed by atoms with E-state index in [4.69, 9.17) is 0 Å². The molecule has 5 heteroatoms. The van der Waals surface area contributed by atoms with Crippen LogP contribution < -0.4 is 10.0 Å². The van der Waals surface area contributed by atoms with Crippen molar-refractivity contribution in [2.75, 3.05) is 11.9 Å². The van der Waals surface area contributed by atoms with Gasteiger partial charge >= 0.3 is 0 Å². The molecule has 0 bridgehead atoms. The Balaban J connectivity index is 1.74. The van der Waals surface area contributed by atoms with Crippen molar-refractivity contribution >= 4 is 15.7 Å². The second-order valence-corrected chi connectivity index (χ2v) is 7.97. The zero-order valence-electron chi connectivity index (χ0n) is 12.6. The molecular weight excluding hydrogens is 284 g/mol. The van der Waals surface area contributed by atoms with E-state index in [9.17, 15) is 8.42 Å². The van der Waals surface area contributed by atoms with Gasteiger partial charge in [0.25, 0.3) is 0 Å². The zero-order chi connectivity index (χ0) is 14.9. The molecule has 21 heavy (non-hydrogen) atoms. The maximum atomic E-state index is 12.6. The first-order valence-electron chi connectivity index (χ1n) is 7.97. The summed E-state index contributed by atoms with van der Waals surface area (Å²) in [5, 5.41) is 3.24. The molecule has 4 nitrogen and oxygen atoms in total. The van der Waals surface area contributed by atoms with Crippen LogP contribution in [0.4, 0.5) is 5.69 Å². The average molecular weight is 308 g/mol. The van der Waals surface area contributed by atoms with E-state index in [0.29, 0.717) is 10.8 Å². The van der Waals surface area contributed by atoms with Crippen molar-refractivity contribution in [3.8, 4) is 0 Å². The van der Waals surface area contributed by atoms with Crippen molar-refractivity contribution in [2.45, 2.75) is 56.4 Å². The molecule has 116 valence electrons. The molecule has 2 aliphatic rings. The van der Waals surface area contributed by atoms with E-state index in [1.807, 2.05) is 6.07 Å². The summed E-state index contributed by atoms with van der Waals surface area (Å²) in [5.41, 5.74) is 2.17. The van der Waals surface area contributed by atoms with Crippen molar-refractivity contribution < 1.29 is 8.42 Å². The van der Waals surface area contributed by atoms with Gasteiger partial charge in [0, 0.05) is 18.3 Å². The molecule has 0 spiro atoms. The van der Waals surface area contributed by atoms with Crippen molar-refractivity contribution in [1.82, 2.24) is 4.72 Å². The smallest absolute Gasteiger partial charge is 0.240 e. The Morgan fingerprint density at radius 1 is 1.33 bits per heavy atom. The van der Waals surface area contributed by atoms with Gasteiger partial charge in [0.15, 0.2) is 0 Å². The summed E-state index contributed by atoms with van der Waals surface area (Å²) in [6.45, 7) is 3.08. The minimum Gasteiger partial charge on any atom is -0.384 e. The molecule has 2 unspecified atom stereocenters. The number of hydrogen-bond acceptors (Lipinski definition) is 3. The zero-order valence-corrected chi connectivity index (χ0v) is 13.4. The number of fused-ring (bicyclic) bond motifs is 1. The molecule has 3 rings (SSSR count).